The SMILES string of the molecule is CNC(S)c1ccc2oc(C)nc2c1. The fraction of sp³-hybridized carbons (Fsp3) is 0.300. The van der Waals surface area contributed by atoms with Crippen LogP contribution in [0.4, 0.5) is 0 Å². The first kappa shape index (κ1) is 9.55. The zero-order chi connectivity index (χ0) is 10.1. The highest BCUT2D eigenvalue weighted by Crippen LogP contribution is 2.22. The normalized spacial score (nSPS) is 13.4. The van der Waals surface area contributed by atoms with Crippen LogP contribution in [-0.2, 0) is 0 Å². The number of nitrogens with one attached hydrogen (secondary N) is 1. The number of rotatable bonds is 2. The Morgan fingerprint density at radius 2 is 2.29 bits per heavy atom. The van der Waals surface area contributed by atoms with Crippen molar-refractivity contribution in [3.8, 4) is 0 Å². The van der Waals surface area contributed by atoms with Crippen molar-refractivity contribution in [2.45, 2.75) is 12.3 Å². The van der Waals surface area contributed by atoms with Crippen molar-refractivity contribution >= 4 is 23.7 Å². The Morgan fingerprint density at radius 3 is 3.00 bits per heavy atom. The Bertz CT molecular complexity index is 452. The highest BCUT2D eigenvalue weighted by molar-refractivity contribution is 7.80. The Kier molecular flexibility index (Phi) is 2.48. The molecule has 0 saturated carbocycles. The van der Waals surface area contributed by atoms with E-state index < -0.39 is 0 Å². The molecule has 14 heavy (non-hydrogen) atoms. The molecular weight excluding hydrogens is 196 g/mol. The molecule has 74 valence electrons. The first-order chi connectivity index (χ1) is 6.70. The van der Waals surface area contributed by atoms with E-state index in [1.807, 2.05) is 32.2 Å². The molecule has 2 rings (SSSR count). The van der Waals surface area contributed by atoms with Gasteiger partial charge in [-0.3, -0.25) is 0 Å². The van der Waals surface area contributed by atoms with Gasteiger partial charge < -0.3 is 9.73 Å². The molecule has 0 spiro atoms. The Morgan fingerprint density at radius 1 is 1.50 bits per heavy atom. The van der Waals surface area contributed by atoms with Gasteiger partial charge in [0, 0.05) is 6.92 Å². The van der Waals surface area contributed by atoms with E-state index in [0.29, 0.717) is 5.89 Å². The van der Waals surface area contributed by atoms with E-state index in [9.17, 15) is 0 Å². The quantitative estimate of drug-likeness (QED) is 0.587. The van der Waals surface area contributed by atoms with Crippen molar-refractivity contribution in [2.24, 2.45) is 0 Å². The van der Waals surface area contributed by atoms with Gasteiger partial charge in [0.15, 0.2) is 11.5 Å². The summed E-state index contributed by atoms with van der Waals surface area (Å²) in [5.41, 5.74) is 2.80. The molecule has 1 atom stereocenters. The average molecular weight is 208 g/mol. The molecule has 0 aliphatic heterocycles. The van der Waals surface area contributed by atoms with E-state index in [4.69, 9.17) is 4.42 Å². The molecule has 1 N–H and O–H groups in total. The van der Waals surface area contributed by atoms with Gasteiger partial charge >= 0.3 is 0 Å². The summed E-state index contributed by atoms with van der Waals surface area (Å²) >= 11 is 4.38. The summed E-state index contributed by atoms with van der Waals surface area (Å²) in [4.78, 5) is 4.26. The van der Waals surface area contributed by atoms with Crippen LogP contribution in [0.25, 0.3) is 11.1 Å². The third-order valence-corrected chi connectivity index (χ3v) is 2.66. The maximum Gasteiger partial charge on any atom is 0.192 e. The largest absolute Gasteiger partial charge is 0.441 e. The van der Waals surface area contributed by atoms with E-state index in [1.54, 1.807) is 0 Å². The van der Waals surface area contributed by atoms with Crippen LogP contribution in [0.1, 0.15) is 16.8 Å². The van der Waals surface area contributed by atoms with Gasteiger partial charge in [0.05, 0.1) is 5.37 Å². The molecule has 0 radical (unpaired) electrons. The number of benzene rings is 1. The highest BCUT2D eigenvalue weighted by atomic mass is 32.1. The number of nitrogens with zero attached hydrogens (tertiary/aromatic N) is 1. The molecule has 4 heteroatoms. The number of oxazole rings is 1. The Balaban J connectivity index is 2.50. The minimum Gasteiger partial charge on any atom is -0.441 e. The van der Waals surface area contributed by atoms with Gasteiger partial charge in [-0.15, -0.1) is 0 Å². The monoisotopic (exact) mass is 208 g/mol. The van der Waals surface area contributed by atoms with Crippen molar-refractivity contribution in [1.29, 1.82) is 0 Å². The third kappa shape index (κ3) is 1.63. The van der Waals surface area contributed by atoms with Crippen molar-refractivity contribution < 1.29 is 4.42 Å². The number of hydrogen-bond donors (Lipinski definition) is 2. The predicted molar refractivity (Wildman–Crippen MR) is 59.5 cm³/mol. The lowest BCUT2D eigenvalue weighted by Gasteiger charge is -2.08. The maximum atomic E-state index is 5.38. The van der Waals surface area contributed by atoms with Gasteiger partial charge in [-0.1, -0.05) is 6.07 Å². The third-order valence-electron chi connectivity index (χ3n) is 2.11. The number of thiol groups is 1. The van der Waals surface area contributed by atoms with Crippen molar-refractivity contribution in [1.82, 2.24) is 10.3 Å². The first-order valence-corrected chi connectivity index (χ1v) is 4.95. The van der Waals surface area contributed by atoms with Gasteiger partial charge in [0.2, 0.25) is 0 Å². The standard InChI is InChI=1S/C10H12N2OS/c1-6-12-8-5-7(10(14)11-2)3-4-9(8)13-6/h3-5,10-11,14H,1-2H3. The number of aryl methyl sites for hydroxylation is 1. The molecular formula is C10H12N2OS. The van der Waals surface area contributed by atoms with Gasteiger partial charge in [-0.2, -0.15) is 12.6 Å². The van der Waals surface area contributed by atoms with E-state index >= 15 is 0 Å². The van der Waals surface area contributed by atoms with Crippen LogP contribution >= 0.6 is 12.6 Å². The van der Waals surface area contributed by atoms with E-state index in [0.717, 1.165) is 16.7 Å². The lowest BCUT2D eigenvalue weighted by Crippen LogP contribution is -2.09. The first-order valence-electron chi connectivity index (χ1n) is 4.43. The highest BCUT2D eigenvalue weighted by Gasteiger charge is 2.07. The summed E-state index contributed by atoms with van der Waals surface area (Å²) in [5, 5.41) is 3.10. The molecule has 3 nitrogen and oxygen atoms in total. The number of aromatic nitrogens is 1. The van der Waals surface area contributed by atoms with E-state index in [-0.39, 0.29) is 5.37 Å². The van der Waals surface area contributed by atoms with Crippen LogP contribution in [0.5, 0.6) is 0 Å². The summed E-state index contributed by atoms with van der Waals surface area (Å²) in [6.45, 7) is 1.84. The molecule has 1 aromatic carbocycles. The fourth-order valence-electron chi connectivity index (χ4n) is 1.40. The number of fused-ring (bicyclic) bond motifs is 1. The van der Waals surface area contributed by atoms with Crippen LogP contribution in [-0.4, -0.2) is 12.0 Å². The summed E-state index contributed by atoms with van der Waals surface area (Å²) in [5.74, 6) is 0.692. The zero-order valence-corrected chi connectivity index (χ0v) is 9.01. The Labute approximate surface area is 87.9 Å². The van der Waals surface area contributed by atoms with Gasteiger partial charge in [0.1, 0.15) is 5.52 Å². The topological polar surface area (TPSA) is 38.1 Å². The van der Waals surface area contributed by atoms with Gasteiger partial charge in [0.25, 0.3) is 0 Å². The fourth-order valence-corrected chi connectivity index (χ4v) is 1.56. The van der Waals surface area contributed by atoms with Crippen LogP contribution in [0, 0.1) is 6.92 Å². The molecule has 0 bridgehead atoms. The molecule has 2 aromatic rings. The maximum absolute atomic E-state index is 5.38. The second kappa shape index (κ2) is 3.63. The summed E-state index contributed by atoms with van der Waals surface area (Å²) in [7, 11) is 1.87. The second-order valence-electron chi connectivity index (χ2n) is 3.15. The molecule has 0 amide bonds. The molecule has 0 aliphatic rings. The zero-order valence-electron chi connectivity index (χ0n) is 8.11. The lowest BCUT2D eigenvalue weighted by atomic mass is 10.2. The van der Waals surface area contributed by atoms with Crippen LogP contribution in [0.2, 0.25) is 0 Å². The predicted octanol–water partition coefficient (Wildman–Crippen LogP) is 2.28. The molecule has 1 unspecified atom stereocenters. The minimum atomic E-state index is 0.0383. The van der Waals surface area contributed by atoms with Gasteiger partial charge in [-0.05, 0) is 24.7 Å². The summed E-state index contributed by atoms with van der Waals surface area (Å²) < 4.78 is 5.38. The van der Waals surface area contributed by atoms with Crippen LogP contribution in [0.3, 0.4) is 0 Å². The van der Waals surface area contributed by atoms with Crippen molar-refractivity contribution in [3.05, 3.63) is 29.7 Å². The summed E-state index contributed by atoms with van der Waals surface area (Å²) in [6, 6.07) is 5.90. The smallest absolute Gasteiger partial charge is 0.192 e. The molecule has 0 fully saturated rings. The second-order valence-corrected chi connectivity index (χ2v) is 3.67. The summed E-state index contributed by atoms with van der Waals surface area (Å²) in [6.07, 6.45) is 0. The van der Waals surface area contributed by atoms with Crippen molar-refractivity contribution in [2.75, 3.05) is 7.05 Å². The molecule has 1 heterocycles. The average Bonchev–Trinajstić information content (AvgIpc) is 2.55. The lowest BCUT2D eigenvalue weighted by molar-refractivity contribution is 0.561. The van der Waals surface area contributed by atoms with Crippen LogP contribution in [0.15, 0.2) is 22.6 Å². The minimum absolute atomic E-state index is 0.0383. The molecule has 0 aliphatic carbocycles. The van der Waals surface area contributed by atoms with Crippen molar-refractivity contribution in [3.63, 3.8) is 0 Å². The number of hydrogen-bond acceptors (Lipinski definition) is 4. The molecule has 0 saturated heterocycles. The Hall–Kier alpha value is -1.00. The van der Waals surface area contributed by atoms with E-state index in [1.165, 1.54) is 0 Å². The van der Waals surface area contributed by atoms with E-state index in [2.05, 4.69) is 22.9 Å². The molecule has 1 aromatic heterocycles. The van der Waals surface area contributed by atoms with Gasteiger partial charge in [-0.25, -0.2) is 4.98 Å². The van der Waals surface area contributed by atoms with Crippen LogP contribution < -0.4 is 5.32 Å².